The highest BCUT2D eigenvalue weighted by molar-refractivity contribution is 8.14. The van der Waals surface area contributed by atoms with Crippen molar-refractivity contribution in [1.82, 2.24) is 0 Å². The van der Waals surface area contributed by atoms with Gasteiger partial charge in [0.25, 0.3) is 5.91 Å². The van der Waals surface area contributed by atoms with Gasteiger partial charge in [0.2, 0.25) is 5.91 Å². The van der Waals surface area contributed by atoms with Crippen molar-refractivity contribution in [3.63, 3.8) is 0 Å². The maximum Gasteiger partial charge on any atom is 0.283 e. The van der Waals surface area contributed by atoms with E-state index in [0.717, 1.165) is 11.8 Å². The Hall–Kier alpha value is -3.56. The number of amidine groups is 1. The van der Waals surface area contributed by atoms with Crippen LogP contribution in [0.1, 0.15) is 5.76 Å². The van der Waals surface area contributed by atoms with E-state index in [1.165, 1.54) is 42.5 Å². The summed E-state index contributed by atoms with van der Waals surface area (Å²) in [6, 6.07) is 14.1. The van der Waals surface area contributed by atoms with Crippen LogP contribution in [-0.2, 0) is 9.59 Å². The zero-order chi connectivity index (χ0) is 23.4. The van der Waals surface area contributed by atoms with Crippen LogP contribution < -0.4 is 15.0 Å². The van der Waals surface area contributed by atoms with E-state index in [1.807, 2.05) is 0 Å². The first-order valence-corrected chi connectivity index (χ1v) is 11.0. The van der Waals surface area contributed by atoms with Crippen molar-refractivity contribution in [2.24, 2.45) is 4.99 Å². The van der Waals surface area contributed by atoms with E-state index in [4.69, 9.17) is 20.8 Å². The number of carbonyl (C=O) groups excluding carboxylic acids is 2. The van der Waals surface area contributed by atoms with Crippen LogP contribution in [0.3, 0.4) is 0 Å². The lowest BCUT2D eigenvalue weighted by Gasteiger charge is -2.18. The third-order valence-corrected chi connectivity index (χ3v) is 5.76. The minimum Gasteiger partial charge on any atom is -0.495 e. The maximum absolute atomic E-state index is 13.8. The molecule has 1 N–H and O–H groups in total. The first kappa shape index (κ1) is 22.6. The zero-order valence-corrected chi connectivity index (χ0v) is 18.8. The normalized spacial score (nSPS) is 14.5. The molecule has 0 unspecified atom stereocenters. The lowest BCUT2D eigenvalue weighted by atomic mass is 10.2. The Morgan fingerprint density at radius 3 is 2.79 bits per heavy atom. The van der Waals surface area contributed by atoms with E-state index in [1.54, 1.807) is 36.4 Å². The standard InChI is InChI=1S/C23H17ClFN3O4S/c1-31-20-9-8-14(11-16(20)24)28-22(30)19(12-15-5-4-10-32-15)27-23(28)33-13-21(29)26-18-7-3-2-6-17(18)25/h2-12H,13H2,1H3,(H,26,29)/b19-12-. The van der Waals surface area contributed by atoms with Gasteiger partial charge in [-0.2, -0.15) is 0 Å². The molecule has 0 saturated carbocycles. The molecule has 2 aromatic carbocycles. The van der Waals surface area contributed by atoms with Crippen LogP contribution in [-0.4, -0.2) is 29.8 Å². The van der Waals surface area contributed by atoms with E-state index < -0.39 is 17.6 Å². The van der Waals surface area contributed by atoms with Crippen LogP contribution in [0.5, 0.6) is 5.75 Å². The topological polar surface area (TPSA) is 84.1 Å². The quantitative estimate of drug-likeness (QED) is 0.485. The fraction of sp³-hybridized carbons (Fsp3) is 0.0870. The lowest BCUT2D eigenvalue weighted by Crippen LogP contribution is -2.31. The Kier molecular flexibility index (Phi) is 6.81. The number of nitrogens with zero attached hydrogens (tertiary/aromatic N) is 2. The molecule has 10 heteroatoms. The molecule has 168 valence electrons. The number of amides is 2. The van der Waals surface area contributed by atoms with Crippen LogP contribution in [0.25, 0.3) is 6.08 Å². The molecular formula is C23H17ClFN3O4S. The first-order valence-electron chi connectivity index (χ1n) is 9.65. The largest absolute Gasteiger partial charge is 0.495 e. The Morgan fingerprint density at radius 2 is 2.09 bits per heavy atom. The second-order valence-electron chi connectivity index (χ2n) is 6.72. The van der Waals surface area contributed by atoms with Gasteiger partial charge in [-0.05, 0) is 42.5 Å². The van der Waals surface area contributed by atoms with Gasteiger partial charge < -0.3 is 14.5 Å². The molecule has 1 aliphatic rings. The Labute approximate surface area is 197 Å². The Morgan fingerprint density at radius 1 is 1.27 bits per heavy atom. The summed E-state index contributed by atoms with van der Waals surface area (Å²) in [5.41, 5.74) is 0.660. The first-order chi connectivity index (χ1) is 16.0. The molecule has 2 amide bonds. The number of benzene rings is 2. The third-order valence-electron chi connectivity index (χ3n) is 4.53. The molecule has 3 aromatic rings. The van der Waals surface area contributed by atoms with Gasteiger partial charge in [0.15, 0.2) is 5.17 Å². The average Bonchev–Trinajstić information content (AvgIpc) is 3.42. The van der Waals surface area contributed by atoms with E-state index in [-0.39, 0.29) is 22.3 Å². The molecule has 1 aliphatic heterocycles. The second kappa shape index (κ2) is 9.93. The number of aliphatic imine (C=N–C) groups is 1. The Balaban J connectivity index is 1.58. The van der Waals surface area contributed by atoms with Gasteiger partial charge in [-0.1, -0.05) is 35.5 Å². The minimum atomic E-state index is -0.539. The van der Waals surface area contributed by atoms with Crippen LogP contribution >= 0.6 is 23.4 Å². The van der Waals surface area contributed by atoms with E-state index in [0.29, 0.717) is 22.2 Å². The summed E-state index contributed by atoms with van der Waals surface area (Å²) in [7, 11) is 1.49. The van der Waals surface area contributed by atoms with Crippen molar-refractivity contribution < 1.29 is 23.1 Å². The third kappa shape index (κ3) is 5.10. The predicted molar refractivity (Wildman–Crippen MR) is 127 cm³/mol. The van der Waals surface area contributed by atoms with Crippen molar-refractivity contribution in [3.8, 4) is 5.75 Å². The van der Waals surface area contributed by atoms with E-state index in [2.05, 4.69) is 10.3 Å². The lowest BCUT2D eigenvalue weighted by molar-refractivity contribution is -0.114. The maximum atomic E-state index is 13.8. The molecule has 7 nitrogen and oxygen atoms in total. The van der Waals surface area contributed by atoms with Gasteiger partial charge in [0, 0.05) is 6.08 Å². The molecular weight excluding hydrogens is 469 g/mol. The number of methoxy groups -OCH3 is 1. The molecule has 0 atom stereocenters. The highest BCUT2D eigenvalue weighted by atomic mass is 35.5. The number of anilines is 2. The van der Waals surface area contributed by atoms with Gasteiger partial charge in [-0.15, -0.1) is 0 Å². The SMILES string of the molecule is COc1ccc(N2C(=O)/C(=C/c3ccco3)N=C2SCC(=O)Nc2ccccc2F)cc1Cl. The summed E-state index contributed by atoms with van der Waals surface area (Å²) in [6.45, 7) is 0. The summed E-state index contributed by atoms with van der Waals surface area (Å²) in [4.78, 5) is 31.3. The number of rotatable bonds is 6. The van der Waals surface area contributed by atoms with Gasteiger partial charge in [-0.3, -0.25) is 14.5 Å². The van der Waals surface area contributed by atoms with Crippen molar-refractivity contribution >= 4 is 57.8 Å². The van der Waals surface area contributed by atoms with Crippen LogP contribution in [0, 0.1) is 5.82 Å². The molecule has 33 heavy (non-hydrogen) atoms. The smallest absolute Gasteiger partial charge is 0.283 e. The van der Waals surface area contributed by atoms with Crippen LogP contribution in [0.2, 0.25) is 5.02 Å². The van der Waals surface area contributed by atoms with Crippen LogP contribution in [0.4, 0.5) is 15.8 Å². The molecule has 0 saturated heterocycles. The highest BCUT2D eigenvalue weighted by Crippen LogP contribution is 2.34. The molecule has 0 radical (unpaired) electrons. The van der Waals surface area contributed by atoms with E-state index in [9.17, 15) is 14.0 Å². The van der Waals surface area contributed by atoms with Gasteiger partial charge in [-0.25, -0.2) is 9.38 Å². The number of hydrogen-bond donors (Lipinski definition) is 1. The van der Waals surface area contributed by atoms with Crippen molar-refractivity contribution in [2.75, 3.05) is 23.1 Å². The van der Waals surface area contributed by atoms with Gasteiger partial charge in [0.1, 0.15) is 23.0 Å². The fourth-order valence-electron chi connectivity index (χ4n) is 3.00. The molecule has 0 bridgehead atoms. The number of halogens is 2. The summed E-state index contributed by atoms with van der Waals surface area (Å²) in [5, 5.41) is 3.09. The fourth-order valence-corrected chi connectivity index (χ4v) is 4.07. The molecule has 0 aliphatic carbocycles. The molecule has 4 rings (SSSR count). The van der Waals surface area contributed by atoms with Crippen LogP contribution in [0.15, 0.2) is 76.0 Å². The number of furan rings is 1. The summed E-state index contributed by atoms with van der Waals surface area (Å²) in [6.07, 6.45) is 2.99. The van der Waals surface area contributed by atoms with Crippen molar-refractivity contribution in [2.45, 2.75) is 0 Å². The molecule has 0 fully saturated rings. The molecule has 0 spiro atoms. The summed E-state index contributed by atoms with van der Waals surface area (Å²) >= 11 is 7.28. The van der Waals surface area contributed by atoms with Gasteiger partial charge >= 0.3 is 0 Å². The predicted octanol–water partition coefficient (Wildman–Crippen LogP) is 5.20. The second-order valence-corrected chi connectivity index (χ2v) is 8.07. The average molecular weight is 486 g/mol. The van der Waals surface area contributed by atoms with Gasteiger partial charge in [0.05, 0.1) is 35.5 Å². The van der Waals surface area contributed by atoms with E-state index >= 15 is 0 Å². The number of para-hydroxylation sites is 1. The van der Waals surface area contributed by atoms with Crippen molar-refractivity contribution in [3.05, 3.63) is 83.2 Å². The number of ether oxygens (including phenoxy) is 1. The summed E-state index contributed by atoms with van der Waals surface area (Å²) < 4.78 is 24.3. The number of nitrogens with one attached hydrogen (secondary N) is 1. The van der Waals surface area contributed by atoms with Crippen molar-refractivity contribution in [1.29, 1.82) is 0 Å². The molecule has 1 aromatic heterocycles. The minimum absolute atomic E-state index is 0.0738. The monoisotopic (exact) mass is 485 g/mol. The Bertz CT molecular complexity index is 1260. The zero-order valence-electron chi connectivity index (χ0n) is 17.2. The summed E-state index contributed by atoms with van der Waals surface area (Å²) in [5.74, 6) is -0.592. The number of hydrogen-bond acceptors (Lipinski definition) is 6. The number of thioether (sulfide) groups is 1. The number of carbonyl (C=O) groups is 2. The highest BCUT2D eigenvalue weighted by Gasteiger charge is 2.33. The molecule has 2 heterocycles.